The molecule has 1 aliphatic heterocycles. The van der Waals surface area contributed by atoms with Crippen molar-refractivity contribution in [2.75, 3.05) is 0 Å². The average Bonchev–Trinajstić information content (AvgIpc) is 3.36. The number of carbonyl (C=O) groups is 1. The Morgan fingerprint density at radius 3 is 2.23 bits per heavy atom. The van der Waals surface area contributed by atoms with E-state index in [1.807, 2.05) is 90.5 Å². The van der Waals surface area contributed by atoms with Crippen molar-refractivity contribution in [2.45, 2.75) is 12.8 Å². The molecule has 0 radical (unpaired) electrons. The summed E-state index contributed by atoms with van der Waals surface area (Å²) in [6.07, 6.45) is 5.38. The van der Waals surface area contributed by atoms with Crippen LogP contribution in [0, 0.1) is 0 Å². The number of imidazole rings is 1. The molecule has 0 fully saturated rings. The smallest absolute Gasteiger partial charge is 0.252 e. The van der Waals surface area contributed by atoms with Crippen LogP contribution >= 0.6 is 0 Å². The lowest BCUT2D eigenvalue weighted by Gasteiger charge is -2.26. The summed E-state index contributed by atoms with van der Waals surface area (Å²) < 4.78 is 7.90. The number of fused-ring (bicyclic) bond motifs is 2. The monoisotopic (exact) mass is 408 g/mol. The zero-order valence-corrected chi connectivity index (χ0v) is 16.9. The van der Waals surface area contributed by atoms with Crippen LogP contribution in [0.2, 0.25) is 0 Å². The summed E-state index contributed by atoms with van der Waals surface area (Å²) in [6.45, 7) is 1.87. The number of hydrazone groups is 1. The minimum absolute atomic E-state index is 0.197. The van der Waals surface area contributed by atoms with Gasteiger partial charge in [-0.3, -0.25) is 4.79 Å². The number of amides is 1. The van der Waals surface area contributed by atoms with E-state index >= 15 is 0 Å². The highest BCUT2D eigenvalue weighted by Crippen LogP contribution is 2.43. The number of rotatable bonds is 4. The molecule has 0 unspecified atom stereocenters. The quantitative estimate of drug-likeness (QED) is 0.395. The van der Waals surface area contributed by atoms with E-state index in [9.17, 15) is 4.79 Å². The fourth-order valence-corrected chi connectivity index (χ4v) is 3.75. The van der Waals surface area contributed by atoms with E-state index in [1.165, 1.54) is 0 Å². The van der Waals surface area contributed by atoms with Gasteiger partial charge in [-0.2, -0.15) is 5.10 Å². The molecule has 2 heterocycles. The van der Waals surface area contributed by atoms with Gasteiger partial charge in [0.2, 0.25) is 0 Å². The van der Waals surface area contributed by atoms with Gasteiger partial charge in [-0.1, -0.05) is 48.5 Å². The van der Waals surface area contributed by atoms with Crippen molar-refractivity contribution in [1.29, 1.82) is 0 Å². The Hall–Kier alpha value is -4.19. The zero-order valence-electron chi connectivity index (χ0n) is 16.9. The average molecular weight is 408 g/mol. The minimum atomic E-state index is -0.485. The fourth-order valence-electron chi connectivity index (χ4n) is 3.75. The lowest BCUT2D eigenvalue weighted by Crippen LogP contribution is -2.29. The summed E-state index contributed by atoms with van der Waals surface area (Å²) >= 11 is 0. The molecular weight excluding hydrogens is 388 g/mol. The molecule has 1 aliphatic rings. The first-order chi connectivity index (χ1) is 15.2. The van der Waals surface area contributed by atoms with Crippen LogP contribution < -0.4 is 10.2 Å². The van der Waals surface area contributed by atoms with Crippen LogP contribution in [0.15, 0.2) is 96.6 Å². The first-order valence-electron chi connectivity index (χ1n) is 9.99. The number of hydrogen-bond donors (Lipinski definition) is 1. The number of hydrogen-bond acceptors (Lipinski definition) is 4. The number of para-hydroxylation sites is 2. The van der Waals surface area contributed by atoms with Gasteiger partial charge in [0.05, 0.1) is 18.0 Å². The molecule has 1 N–H and O–H groups in total. The normalized spacial score (nSPS) is 13.1. The number of benzene rings is 3. The lowest BCUT2D eigenvalue weighted by molar-refractivity contribution is -0.121. The standard InChI is InChI=1S/C25H20N4O2/c1-17(18-10-12-19(13-11-18)29-15-14-26-16-29)27-28-25(30)24-20-6-2-4-8-22(20)31-23-9-5-3-7-21(23)24/h2-16,24H,1H3,(H,28,30). The Morgan fingerprint density at radius 2 is 1.61 bits per heavy atom. The van der Waals surface area contributed by atoms with Gasteiger partial charge in [-0.15, -0.1) is 0 Å². The van der Waals surface area contributed by atoms with Gasteiger partial charge in [0, 0.05) is 29.2 Å². The summed E-state index contributed by atoms with van der Waals surface area (Å²) in [5.41, 5.74) is 7.07. The second-order valence-corrected chi connectivity index (χ2v) is 7.30. The lowest BCUT2D eigenvalue weighted by atomic mass is 9.87. The second-order valence-electron chi connectivity index (χ2n) is 7.30. The molecule has 0 saturated carbocycles. The van der Waals surface area contributed by atoms with E-state index in [2.05, 4.69) is 15.5 Å². The van der Waals surface area contributed by atoms with Crippen LogP contribution in [0.1, 0.15) is 29.5 Å². The van der Waals surface area contributed by atoms with Crippen molar-refractivity contribution in [2.24, 2.45) is 5.10 Å². The molecular formula is C25H20N4O2. The van der Waals surface area contributed by atoms with Crippen LogP contribution in [0.5, 0.6) is 11.5 Å². The summed E-state index contributed by atoms with van der Waals surface area (Å²) in [6, 6.07) is 23.1. The second kappa shape index (κ2) is 7.91. The Kier molecular flexibility index (Phi) is 4.80. The van der Waals surface area contributed by atoms with E-state index in [1.54, 1.807) is 12.5 Å². The van der Waals surface area contributed by atoms with Gasteiger partial charge >= 0.3 is 0 Å². The fraction of sp³-hybridized carbons (Fsp3) is 0.0800. The zero-order chi connectivity index (χ0) is 21.2. The summed E-state index contributed by atoms with van der Waals surface area (Å²) in [7, 11) is 0. The maximum Gasteiger partial charge on any atom is 0.252 e. The highest BCUT2D eigenvalue weighted by atomic mass is 16.5. The molecule has 0 spiro atoms. The van der Waals surface area contributed by atoms with Gasteiger partial charge < -0.3 is 9.30 Å². The van der Waals surface area contributed by atoms with E-state index in [0.29, 0.717) is 11.5 Å². The van der Waals surface area contributed by atoms with Crippen LogP contribution in [0.25, 0.3) is 5.69 Å². The summed E-state index contributed by atoms with van der Waals surface area (Å²) in [4.78, 5) is 17.2. The molecule has 0 bridgehead atoms. The molecule has 6 nitrogen and oxygen atoms in total. The third-order valence-corrected chi connectivity index (χ3v) is 5.36. The molecule has 1 amide bonds. The Morgan fingerprint density at radius 1 is 0.968 bits per heavy atom. The third kappa shape index (κ3) is 3.59. The highest BCUT2D eigenvalue weighted by molar-refractivity contribution is 6.00. The van der Waals surface area contributed by atoms with Crippen LogP contribution in [0.4, 0.5) is 0 Å². The van der Waals surface area contributed by atoms with E-state index in [0.717, 1.165) is 28.1 Å². The highest BCUT2D eigenvalue weighted by Gasteiger charge is 2.32. The first-order valence-corrected chi connectivity index (χ1v) is 9.99. The SMILES string of the molecule is CC(=NNC(=O)C1c2ccccc2Oc2ccccc21)c1ccc(-n2ccnc2)cc1. The number of carbonyl (C=O) groups excluding carboxylic acids is 1. The molecule has 0 atom stereocenters. The van der Waals surface area contributed by atoms with E-state index < -0.39 is 5.92 Å². The first kappa shape index (κ1) is 18.8. The van der Waals surface area contributed by atoms with Gasteiger partial charge in [-0.05, 0) is 36.8 Å². The van der Waals surface area contributed by atoms with Crippen molar-refractivity contribution < 1.29 is 9.53 Å². The molecule has 1 aromatic heterocycles. The maximum atomic E-state index is 13.2. The predicted molar refractivity (Wildman–Crippen MR) is 119 cm³/mol. The molecule has 5 rings (SSSR count). The largest absolute Gasteiger partial charge is 0.457 e. The molecule has 4 aromatic rings. The Labute approximate surface area is 179 Å². The number of nitrogens with zero attached hydrogens (tertiary/aromatic N) is 3. The van der Waals surface area contributed by atoms with Crippen molar-refractivity contribution >= 4 is 11.6 Å². The molecule has 0 aliphatic carbocycles. The van der Waals surface area contributed by atoms with Crippen molar-refractivity contribution in [1.82, 2.24) is 15.0 Å². The topological polar surface area (TPSA) is 68.5 Å². The van der Waals surface area contributed by atoms with Crippen molar-refractivity contribution in [3.63, 3.8) is 0 Å². The Balaban J connectivity index is 1.39. The predicted octanol–water partition coefficient (Wildman–Crippen LogP) is 4.65. The van der Waals surface area contributed by atoms with Crippen LogP contribution in [-0.2, 0) is 4.79 Å². The van der Waals surface area contributed by atoms with Gasteiger partial charge in [0.15, 0.2) is 0 Å². The van der Waals surface area contributed by atoms with Gasteiger partial charge in [-0.25, -0.2) is 10.4 Å². The molecule has 0 saturated heterocycles. The van der Waals surface area contributed by atoms with Crippen molar-refractivity contribution in [3.8, 4) is 17.2 Å². The van der Waals surface area contributed by atoms with Crippen molar-refractivity contribution in [3.05, 3.63) is 108 Å². The van der Waals surface area contributed by atoms with Gasteiger partial charge in [0.1, 0.15) is 11.5 Å². The van der Waals surface area contributed by atoms with Crippen LogP contribution in [-0.4, -0.2) is 21.2 Å². The molecule has 152 valence electrons. The number of nitrogens with one attached hydrogen (secondary N) is 1. The maximum absolute atomic E-state index is 13.2. The van der Waals surface area contributed by atoms with Crippen LogP contribution in [0.3, 0.4) is 0 Å². The molecule has 6 heteroatoms. The third-order valence-electron chi connectivity index (χ3n) is 5.36. The minimum Gasteiger partial charge on any atom is -0.457 e. The summed E-state index contributed by atoms with van der Waals surface area (Å²) in [5.74, 6) is 0.702. The Bertz CT molecular complexity index is 1220. The molecule has 31 heavy (non-hydrogen) atoms. The summed E-state index contributed by atoms with van der Waals surface area (Å²) in [5, 5.41) is 4.36. The van der Waals surface area contributed by atoms with Gasteiger partial charge in [0.25, 0.3) is 5.91 Å². The molecule has 3 aromatic carbocycles. The number of ether oxygens (including phenoxy) is 1. The van der Waals surface area contributed by atoms with E-state index in [4.69, 9.17) is 4.74 Å². The van der Waals surface area contributed by atoms with E-state index in [-0.39, 0.29) is 5.91 Å². The number of aromatic nitrogens is 2.